The molecular weight excluding hydrogens is 340 g/mol. The lowest BCUT2D eigenvalue weighted by Crippen LogP contribution is -2.45. The van der Waals surface area contributed by atoms with Crippen LogP contribution in [0.5, 0.6) is 11.5 Å². The van der Waals surface area contributed by atoms with E-state index in [4.69, 9.17) is 19.3 Å². The van der Waals surface area contributed by atoms with Gasteiger partial charge in [-0.25, -0.2) is 9.59 Å². The summed E-state index contributed by atoms with van der Waals surface area (Å²) in [5.74, 6) is 0.441. The van der Waals surface area contributed by atoms with Gasteiger partial charge in [0.15, 0.2) is 11.5 Å². The highest BCUT2D eigenvalue weighted by atomic mass is 16.5. The van der Waals surface area contributed by atoms with E-state index >= 15 is 0 Å². The quantitative estimate of drug-likeness (QED) is 0.606. The van der Waals surface area contributed by atoms with Gasteiger partial charge in [-0.05, 0) is 38.5 Å². The maximum absolute atomic E-state index is 12.4. The second kappa shape index (κ2) is 9.10. The lowest BCUT2D eigenvalue weighted by Gasteiger charge is -2.28. The van der Waals surface area contributed by atoms with Crippen molar-refractivity contribution < 1.29 is 28.9 Å². The fraction of sp³-hybridized carbons (Fsp3) is 0.444. The van der Waals surface area contributed by atoms with Crippen LogP contribution in [-0.4, -0.2) is 43.5 Å². The summed E-state index contributed by atoms with van der Waals surface area (Å²) in [6.45, 7) is 5.87. The molecule has 26 heavy (non-hydrogen) atoms. The van der Waals surface area contributed by atoms with Crippen LogP contribution in [0.3, 0.4) is 0 Å². The summed E-state index contributed by atoms with van der Waals surface area (Å²) >= 11 is 0. The van der Waals surface area contributed by atoms with Gasteiger partial charge in [0, 0.05) is 5.70 Å². The summed E-state index contributed by atoms with van der Waals surface area (Å²) in [7, 11) is 0. The number of hydrogen-bond donors (Lipinski definition) is 3. The topological polar surface area (TPSA) is 106 Å². The highest BCUT2D eigenvalue weighted by Gasteiger charge is 2.32. The van der Waals surface area contributed by atoms with Gasteiger partial charge in [0.05, 0.1) is 31.4 Å². The Labute approximate surface area is 152 Å². The molecule has 142 valence electrons. The van der Waals surface area contributed by atoms with E-state index in [0.29, 0.717) is 34.9 Å². The molecule has 8 nitrogen and oxygen atoms in total. The van der Waals surface area contributed by atoms with Gasteiger partial charge >= 0.3 is 12.0 Å². The number of carbonyl (C=O) groups is 2. The molecule has 0 saturated heterocycles. The van der Waals surface area contributed by atoms with Crippen LogP contribution >= 0.6 is 0 Å². The van der Waals surface area contributed by atoms with Crippen molar-refractivity contribution in [3.63, 3.8) is 0 Å². The summed E-state index contributed by atoms with van der Waals surface area (Å²) < 4.78 is 16.2. The minimum absolute atomic E-state index is 0.118. The minimum Gasteiger partial charge on any atom is -0.490 e. The molecule has 1 atom stereocenters. The van der Waals surface area contributed by atoms with Crippen LogP contribution in [0.25, 0.3) is 0 Å². The van der Waals surface area contributed by atoms with Gasteiger partial charge in [-0.3, -0.25) is 0 Å². The average molecular weight is 364 g/mol. The van der Waals surface area contributed by atoms with Crippen LogP contribution in [0.2, 0.25) is 0 Å². The lowest BCUT2D eigenvalue weighted by atomic mass is 9.95. The Morgan fingerprint density at radius 2 is 1.96 bits per heavy atom. The van der Waals surface area contributed by atoms with Crippen molar-refractivity contribution in [3.8, 4) is 11.5 Å². The molecule has 1 aliphatic heterocycles. The molecular formula is C18H24N2O6. The Morgan fingerprint density at radius 3 is 2.62 bits per heavy atom. The first-order valence-corrected chi connectivity index (χ1v) is 8.47. The number of rotatable bonds is 8. The second-order valence-electron chi connectivity index (χ2n) is 5.50. The number of esters is 1. The zero-order valence-corrected chi connectivity index (χ0v) is 15.1. The third-order valence-electron chi connectivity index (χ3n) is 3.71. The Kier molecular flexibility index (Phi) is 6.85. The van der Waals surface area contributed by atoms with Gasteiger partial charge in [0.25, 0.3) is 0 Å². The number of amides is 2. The van der Waals surface area contributed by atoms with E-state index in [0.717, 1.165) is 0 Å². The second-order valence-corrected chi connectivity index (χ2v) is 5.50. The molecule has 1 aliphatic rings. The third-order valence-corrected chi connectivity index (χ3v) is 3.71. The van der Waals surface area contributed by atoms with Crippen molar-refractivity contribution in [2.24, 2.45) is 0 Å². The molecule has 0 saturated carbocycles. The summed E-state index contributed by atoms with van der Waals surface area (Å²) in [5, 5.41) is 14.3. The fourth-order valence-corrected chi connectivity index (χ4v) is 2.67. The Balaban J connectivity index is 2.42. The number of aliphatic hydroxyl groups excluding tert-OH is 1. The zero-order chi connectivity index (χ0) is 19.1. The van der Waals surface area contributed by atoms with Crippen molar-refractivity contribution in [1.82, 2.24) is 10.6 Å². The molecule has 0 bridgehead atoms. The molecule has 2 rings (SSSR count). The van der Waals surface area contributed by atoms with Gasteiger partial charge in [-0.2, -0.15) is 0 Å². The van der Waals surface area contributed by atoms with Crippen LogP contribution in [0.1, 0.15) is 32.4 Å². The van der Waals surface area contributed by atoms with Gasteiger partial charge in [-0.15, -0.1) is 0 Å². The summed E-state index contributed by atoms with van der Waals surface area (Å²) in [4.78, 5) is 24.3. The molecule has 1 aromatic rings. The molecule has 0 spiro atoms. The molecule has 0 aromatic heterocycles. The number of benzene rings is 1. The van der Waals surface area contributed by atoms with Crippen molar-refractivity contribution in [1.29, 1.82) is 0 Å². The van der Waals surface area contributed by atoms with Gasteiger partial charge < -0.3 is 30.0 Å². The number of carbonyl (C=O) groups excluding carboxylic acids is 2. The number of nitrogens with one attached hydrogen (secondary N) is 2. The largest absolute Gasteiger partial charge is 0.490 e. The standard InChI is InChI=1S/C18H24N2O6/c1-4-24-14-10-12(6-7-13(14)26-9-8-21)16-15(17(22)25-5-2)11(3)19-18(23)20-16/h6-7,10,16,21H,4-5,8-9H2,1-3H3,(H2,19,20,23)/t16-/m0/s1. The molecule has 2 amide bonds. The predicted octanol–water partition coefficient (Wildman–Crippen LogP) is 1.65. The summed E-state index contributed by atoms with van der Waals surface area (Å²) in [6, 6.07) is 4.05. The molecule has 0 radical (unpaired) electrons. The highest BCUT2D eigenvalue weighted by molar-refractivity contribution is 5.95. The first kappa shape index (κ1) is 19.6. The van der Waals surface area contributed by atoms with E-state index in [-0.39, 0.29) is 19.8 Å². The Hall–Kier alpha value is -2.74. The highest BCUT2D eigenvalue weighted by Crippen LogP contribution is 2.34. The zero-order valence-electron chi connectivity index (χ0n) is 15.1. The minimum atomic E-state index is -0.672. The maximum atomic E-state index is 12.4. The molecule has 3 N–H and O–H groups in total. The number of ether oxygens (including phenoxy) is 3. The Morgan fingerprint density at radius 1 is 1.19 bits per heavy atom. The summed E-state index contributed by atoms with van der Waals surface area (Å²) in [6.07, 6.45) is 0. The van der Waals surface area contributed by atoms with Crippen LogP contribution < -0.4 is 20.1 Å². The van der Waals surface area contributed by atoms with Crippen LogP contribution in [0, 0.1) is 0 Å². The van der Waals surface area contributed by atoms with Crippen LogP contribution in [0.4, 0.5) is 4.79 Å². The first-order chi connectivity index (χ1) is 12.5. The summed E-state index contributed by atoms with van der Waals surface area (Å²) in [5.41, 5.74) is 1.43. The predicted molar refractivity (Wildman–Crippen MR) is 93.9 cm³/mol. The smallest absolute Gasteiger partial charge is 0.338 e. The van der Waals surface area contributed by atoms with Gasteiger partial charge in [0.2, 0.25) is 0 Å². The third kappa shape index (κ3) is 4.45. The SMILES string of the molecule is CCOC(=O)C1=C(C)NC(=O)N[C@H]1c1ccc(OCCO)c(OCC)c1. The van der Waals surface area contributed by atoms with Crippen molar-refractivity contribution in [2.45, 2.75) is 26.8 Å². The van der Waals surface area contributed by atoms with E-state index in [1.807, 2.05) is 6.92 Å². The number of hydrogen-bond acceptors (Lipinski definition) is 6. The molecule has 0 aliphatic carbocycles. The van der Waals surface area contributed by atoms with Gasteiger partial charge in [-0.1, -0.05) is 6.07 Å². The van der Waals surface area contributed by atoms with Gasteiger partial charge in [0.1, 0.15) is 6.61 Å². The van der Waals surface area contributed by atoms with E-state index in [9.17, 15) is 9.59 Å². The van der Waals surface area contributed by atoms with Crippen molar-refractivity contribution >= 4 is 12.0 Å². The molecule has 0 fully saturated rings. The molecule has 1 heterocycles. The normalized spacial score (nSPS) is 16.6. The number of urea groups is 1. The fourth-order valence-electron chi connectivity index (χ4n) is 2.67. The number of allylic oxidation sites excluding steroid dienone is 1. The van der Waals surface area contributed by atoms with Crippen molar-refractivity contribution in [3.05, 3.63) is 35.0 Å². The molecule has 1 aromatic carbocycles. The van der Waals surface area contributed by atoms with Crippen LogP contribution in [-0.2, 0) is 9.53 Å². The maximum Gasteiger partial charge on any atom is 0.338 e. The van der Waals surface area contributed by atoms with E-state index in [1.54, 1.807) is 32.0 Å². The molecule has 0 unspecified atom stereocenters. The van der Waals surface area contributed by atoms with E-state index in [1.165, 1.54) is 0 Å². The first-order valence-electron chi connectivity index (χ1n) is 8.47. The Bertz CT molecular complexity index is 701. The number of aliphatic hydroxyl groups is 1. The lowest BCUT2D eigenvalue weighted by molar-refractivity contribution is -0.139. The van der Waals surface area contributed by atoms with Crippen LogP contribution in [0.15, 0.2) is 29.5 Å². The molecule has 8 heteroatoms. The van der Waals surface area contributed by atoms with E-state index < -0.39 is 18.0 Å². The average Bonchev–Trinajstić information content (AvgIpc) is 2.60. The van der Waals surface area contributed by atoms with E-state index in [2.05, 4.69) is 10.6 Å². The van der Waals surface area contributed by atoms with Crippen molar-refractivity contribution in [2.75, 3.05) is 26.4 Å². The monoisotopic (exact) mass is 364 g/mol.